The zero-order valence-electron chi connectivity index (χ0n) is 4.59. The minimum atomic E-state index is -0.0752. The molecule has 3 N–H and O–H groups in total. The van der Waals surface area contributed by atoms with Gasteiger partial charge in [0.1, 0.15) is 6.23 Å². The van der Waals surface area contributed by atoms with E-state index in [2.05, 4.69) is 5.32 Å². The van der Waals surface area contributed by atoms with Crippen molar-refractivity contribution in [2.75, 3.05) is 19.7 Å². The van der Waals surface area contributed by atoms with Gasteiger partial charge in [-0.2, -0.15) is 0 Å². The van der Waals surface area contributed by atoms with E-state index in [9.17, 15) is 0 Å². The summed E-state index contributed by atoms with van der Waals surface area (Å²) in [6.45, 7) is 2.48. The minimum absolute atomic E-state index is 0. The van der Waals surface area contributed by atoms with E-state index in [4.69, 9.17) is 10.5 Å². The summed E-state index contributed by atoms with van der Waals surface area (Å²) < 4.78 is 4.99. The molecule has 0 aromatic heterocycles. The van der Waals surface area contributed by atoms with Gasteiger partial charge in [0.05, 0.1) is 6.61 Å². The molecule has 0 bridgehead atoms. The van der Waals surface area contributed by atoms with Crippen molar-refractivity contribution in [1.82, 2.24) is 5.32 Å². The first-order chi connectivity index (χ1) is 3.39. The molecule has 1 atom stereocenters. The van der Waals surface area contributed by atoms with E-state index in [-0.39, 0.29) is 23.2 Å². The second-order valence-electron chi connectivity index (χ2n) is 1.61. The van der Waals surface area contributed by atoms with Crippen molar-refractivity contribution < 1.29 is 4.74 Å². The summed E-state index contributed by atoms with van der Waals surface area (Å²) in [7, 11) is 0. The molecule has 0 saturated carbocycles. The van der Waals surface area contributed by atoms with Gasteiger partial charge in [0.15, 0.2) is 0 Å². The molecule has 3 nitrogen and oxygen atoms in total. The number of nitrogens with two attached hydrogens (primary N) is 1. The lowest BCUT2D eigenvalue weighted by Gasteiger charge is -2.18. The van der Waals surface area contributed by atoms with E-state index in [1.165, 1.54) is 0 Å². The third-order valence-electron chi connectivity index (χ3n) is 0.956. The van der Waals surface area contributed by atoms with Gasteiger partial charge in [0, 0.05) is 13.1 Å². The number of hydrogen-bond acceptors (Lipinski definition) is 3. The van der Waals surface area contributed by atoms with Gasteiger partial charge in [0.25, 0.3) is 0 Å². The molecule has 1 heterocycles. The lowest BCUT2D eigenvalue weighted by atomic mass is 10.5. The number of ether oxygens (including phenoxy) is 1. The van der Waals surface area contributed by atoms with Crippen LogP contribution in [0.1, 0.15) is 0 Å². The van der Waals surface area contributed by atoms with Crippen LogP contribution in [0.25, 0.3) is 0 Å². The normalized spacial score (nSPS) is 28.9. The van der Waals surface area contributed by atoms with Gasteiger partial charge in [-0.15, -0.1) is 17.0 Å². The van der Waals surface area contributed by atoms with Crippen LogP contribution in [0.5, 0.6) is 0 Å². The smallest absolute Gasteiger partial charge is 0.118 e. The Morgan fingerprint density at radius 3 is 2.62 bits per heavy atom. The van der Waals surface area contributed by atoms with Crippen LogP contribution in [0, 0.1) is 0 Å². The molecule has 0 aromatic rings. The van der Waals surface area contributed by atoms with E-state index in [0.717, 1.165) is 19.7 Å². The molecule has 1 aliphatic heterocycles. The molecule has 4 heteroatoms. The standard InChI is InChI=1S/C4H10N2O.BrH/c5-4-3-6-1-2-7-4;/h4,6H,1-3,5H2;1H. The van der Waals surface area contributed by atoms with Gasteiger partial charge < -0.3 is 15.8 Å². The molecule has 1 unspecified atom stereocenters. The van der Waals surface area contributed by atoms with Crippen molar-refractivity contribution in [1.29, 1.82) is 0 Å². The van der Waals surface area contributed by atoms with Crippen LogP contribution in [-0.2, 0) is 4.74 Å². The monoisotopic (exact) mass is 182 g/mol. The summed E-state index contributed by atoms with van der Waals surface area (Å²) in [5, 5.41) is 3.08. The lowest BCUT2D eigenvalue weighted by molar-refractivity contribution is 0.0331. The summed E-state index contributed by atoms with van der Waals surface area (Å²) in [5.74, 6) is 0. The van der Waals surface area contributed by atoms with Gasteiger partial charge in [-0.05, 0) is 0 Å². The van der Waals surface area contributed by atoms with Crippen molar-refractivity contribution in [3.63, 3.8) is 0 Å². The van der Waals surface area contributed by atoms with Crippen LogP contribution >= 0.6 is 17.0 Å². The van der Waals surface area contributed by atoms with Gasteiger partial charge in [0.2, 0.25) is 0 Å². The molecule has 0 radical (unpaired) electrons. The van der Waals surface area contributed by atoms with Crippen molar-refractivity contribution in [3.05, 3.63) is 0 Å². The van der Waals surface area contributed by atoms with Crippen molar-refractivity contribution in [2.24, 2.45) is 5.73 Å². The summed E-state index contributed by atoms with van der Waals surface area (Å²) >= 11 is 0. The topological polar surface area (TPSA) is 47.3 Å². The number of morpholine rings is 1. The molecule has 0 aliphatic carbocycles. The number of rotatable bonds is 0. The Labute approximate surface area is 59.3 Å². The minimum Gasteiger partial charge on any atom is -0.361 e. The van der Waals surface area contributed by atoms with E-state index >= 15 is 0 Å². The summed E-state index contributed by atoms with van der Waals surface area (Å²) in [6.07, 6.45) is -0.0752. The van der Waals surface area contributed by atoms with Crippen LogP contribution in [0.15, 0.2) is 0 Å². The van der Waals surface area contributed by atoms with E-state index < -0.39 is 0 Å². The van der Waals surface area contributed by atoms with E-state index in [0.29, 0.717) is 0 Å². The summed E-state index contributed by atoms with van der Waals surface area (Å²) in [4.78, 5) is 0. The van der Waals surface area contributed by atoms with E-state index in [1.54, 1.807) is 0 Å². The van der Waals surface area contributed by atoms with Crippen molar-refractivity contribution >= 4 is 17.0 Å². The zero-order valence-corrected chi connectivity index (χ0v) is 6.31. The number of halogens is 1. The molecule has 0 aromatic carbocycles. The largest absolute Gasteiger partial charge is 0.361 e. The molecule has 50 valence electrons. The predicted octanol–water partition coefficient (Wildman–Crippen LogP) is -0.531. The van der Waals surface area contributed by atoms with E-state index in [1.807, 2.05) is 0 Å². The maximum atomic E-state index is 5.35. The molecule has 1 rings (SSSR count). The molecule has 1 saturated heterocycles. The van der Waals surface area contributed by atoms with Crippen LogP contribution in [0.4, 0.5) is 0 Å². The molecule has 1 fully saturated rings. The Morgan fingerprint density at radius 1 is 1.62 bits per heavy atom. The first-order valence-corrected chi connectivity index (χ1v) is 2.47. The summed E-state index contributed by atoms with van der Waals surface area (Å²) in [6, 6.07) is 0. The SMILES string of the molecule is Br.NC1CNCCO1. The Hall–Kier alpha value is 0.360. The number of nitrogens with one attached hydrogen (secondary N) is 1. The Kier molecular flexibility index (Phi) is 4.45. The highest BCUT2D eigenvalue weighted by atomic mass is 79.9. The zero-order chi connectivity index (χ0) is 5.11. The molecule has 0 spiro atoms. The summed E-state index contributed by atoms with van der Waals surface area (Å²) in [5.41, 5.74) is 5.35. The van der Waals surface area contributed by atoms with Crippen LogP contribution in [0.3, 0.4) is 0 Å². The molecule has 1 aliphatic rings. The Morgan fingerprint density at radius 2 is 2.38 bits per heavy atom. The number of hydrogen-bond donors (Lipinski definition) is 2. The van der Waals surface area contributed by atoms with Crippen LogP contribution in [-0.4, -0.2) is 25.9 Å². The van der Waals surface area contributed by atoms with Crippen molar-refractivity contribution in [3.8, 4) is 0 Å². The van der Waals surface area contributed by atoms with Crippen LogP contribution in [0.2, 0.25) is 0 Å². The first-order valence-electron chi connectivity index (χ1n) is 2.47. The van der Waals surface area contributed by atoms with Gasteiger partial charge in [-0.25, -0.2) is 0 Å². The van der Waals surface area contributed by atoms with Gasteiger partial charge >= 0.3 is 0 Å². The maximum absolute atomic E-state index is 5.35. The average molecular weight is 183 g/mol. The fourth-order valence-electron chi connectivity index (χ4n) is 0.586. The molecule has 8 heavy (non-hydrogen) atoms. The average Bonchev–Trinajstić information content (AvgIpc) is 1.69. The second kappa shape index (κ2) is 4.26. The highest BCUT2D eigenvalue weighted by Gasteiger charge is 2.05. The van der Waals surface area contributed by atoms with Crippen LogP contribution < -0.4 is 11.1 Å². The highest BCUT2D eigenvalue weighted by Crippen LogP contribution is 1.84. The predicted molar refractivity (Wildman–Crippen MR) is 37.1 cm³/mol. The third-order valence-corrected chi connectivity index (χ3v) is 0.956. The molecule has 0 amide bonds. The quantitative estimate of drug-likeness (QED) is 0.530. The fraction of sp³-hybridized carbons (Fsp3) is 1.00. The Balaban J connectivity index is 0.000000490. The van der Waals surface area contributed by atoms with Gasteiger partial charge in [-0.1, -0.05) is 0 Å². The molecular formula is C4H11BrN2O. The lowest BCUT2D eigenvalue weighted by Crippen LogP contribution is -2.43. The molecular weight excluding hydrogens is 172 g/mol. The first kappa shape index (κ1) is 8.36. The Bertz CT molecular complexity index is 56.0. The fourth-order valence-corrected chi connectivity index (χ4v) is 0.586. The second-order valence-corrected chi connectivity index (χ2v) is 1.61. The van der Waals surface area contributed by atoms with Gasteiger partial charge in [-0.3, -0.25) is 0 Å². The van der Waals surface area contributed by atoms with Crippen molar-refractivity contribution in [2.45, 2.75) is 6.23 Å². The maximum Gasteiger partial charge on any atom is 0.118 e. The highest BCUT2D eigenvalue weighted by molar-refractivity contribution is 8.93. The third kappa shape index (κ3) is 2.61.